The molecule has 2 aromatic carbocycles. The molecule has 0 aliphatic heterocycles. The quantitative estimate of drug-likeness (QED) is 0.573. The van der Waals surface area contributed by atoms with E-state index in [1.807, 2.05) is 13.8 Å². The zero-order valence-corrected chi connectivity index (χ0v) is 18.8. The SMILES string of the molecule is Cc1ccc(S(=O)(=O)N(C)c2ccc(OC(C)C(=O)NCc3ccco3)cc2)cc1C. The van der Waals surface area contributed by atoms with Crippen LogP contribution in [0.5, 0.6) is 5.75 Å². The second-order valence-corrected chi connectivity index (χ2v) is 9.24. The molecule has 1 N–H and O–H groups in total. The molecule has 0 aliphatic carbocycles. The van der Waals surface area contributed by atoms with Gasteiger partial charge in [0.05, 0.1) is 23.4 Å². The number of rotatable bonds is 8. The normalized spacial score (nSPS) is 12.3. The first-order valence-corrected chi connectivity index (χ1v) is 11.3. The summed E-state index contributed by atoms with van der Waals surface area (Å²) in [5.74, 6) is 0.828. The van der Waals surface area contributed by atoms with Crippen LogP contribution in [0, 0.1) is 13.8 Å². The van der Waals surface area contributed by atoms with Crippen LogP contribution >= 0.6 is 0 Å². The maximum Gasteiger partial charge on any atom is 0.264 e. The summed E-state index contributed by atoms with van der Waals surface area (Å²) in [6, 6.07) is 15.1. The Morgan fingerprint density at radius 2 is 1.81 bits per heavy atom. The van der Waals surface area contributed by atoms with Crippen LogP contribution in [0.1, 0.15) is 23.8 Å². The van der Waals surface area contributed by atoms with Crippen molar-refractivity contribution in [1.29, 1.82) is 0 Å². The fourth-order valence-electron chi connectivity index (χ4n) is 2.89. The zero-order valence-electron chi connectivity index (χ0n) is 18.0. The summed E-state index contributed by atoms with van der Waals surface area (Å²) in [6.45, 7) is 5.74. The molecular weight excluding hydrogens is 416 g/mol. The topological polar surface area (TPSA) is 88.8 Å². The number of hydrogen-bond donors (Lipinski definition) is 1. The molecule has 7 nitrogen and oxygen atoms in total. The lowest BCUT2D eigenvalue weighted by atomic mass is 10.1. The lowest BCUT2D eigenvalue weighted by Gasteiger charge is -2.21. The van der Waals surface area contributed by atoms with Crippen molar-refractivity contribution in [1.82, 2.24) is 5.32 Å². The Balaban J connectivity index is 1.64. The zero-order chi connectivity index (χ0) is 22.6. The van der Waals surface area contributed by atoms with Crippen LogP contribution in [0.4, 0.5) is 5.69 Å². The maximum atomic E-state index is 13.0. The van der Waals surface area contributed by atoms with Gasteiger partial charge in [0.15, 0.2) is 6.10 Å². The Morgan fingerprint density at radius 3 is 2.42 bits per heavy atom. The van der Waals surface area contributed by atoms with Gasteiger partial charge in [-0.05, 0) is 80.4 Å². The molecule has 0 bridgehead atoms. The lowest BCUT2D eigenvalue weighted by molar-refractivity contribution is -0.127. The Hall–Kier alpha value is -3.26. The van der Waals surface area contributed by atoms with E-state index in [0.717, 1.165) is 11.1 Å². The van der Waals surface area contributed by atoms with Crippen LogP contribution < -0.4 is 14.4 Å². The third kappa shape index (κ3) is 5.27. The number of amides is 1. The molecule has 164 valence electrons. The van der Waals surface area contributed by atoms with E-state index in [4.69, 9.17) is 9.15 Å². The molecule has 0 spiro atoms. The van der Waals surface area contributed by atoms with Gasteiger partial charge in [0, 0.05) is 7.05 Å². The molecule has 3 aromatic rings. The molecule has 1 heterocycles. The predicted molar refractivity (Wildman–Crippen MR) is 119 cm³/mol. The first-order valence-electron chi connectivity index (χ1n) is 9.81. The van der Waals surface area contributed by atoms with E-state index in [9.17, 15) is 13.2 Å². The van der Waals surface area contributed by atoms with E-state index in [1.54, 1.807) is 67.8 Å². The Labute approximate surface area is 182 Å². The summed E-state index contributed by atoms with van der Waals surface area (Å²) in [4.78, 5) is 12.4. The molecule has 1 atom stereocenters. The minimum atomic E-state index is -3.69. The Kier molecular flexibility index (Phi) is 6.70. The van der Waals surface area contributed by atoms with Crippen LogP contribution in [0.3, 0.4) is 0 Å². The van der Waals surface area contributed by atoms with Crippen molar-refractivity contribution in [3.63, 3.8) is 0 Å². The van der Waals surface area contributed by atoms with E-state index < -0.39 is 16.1 Å². The average molecular weight is 443 g/mol. The van der Waals surface area contributed by atoms with Gasteiger partial charge in [-0.3, -0.25) is 9.10 Å². The van der Waals surface area contributed by atoms with E-state index in [0.29, 0.717) is 17.2 Å². The van der Waals surface area contributed by atoms with Crippen LogP contribution in [0.15, 0.2) is 70.2 Å². The van der Waals surface area contributed by atoms with E-state index in [2.05, 4.69) is 5.32 Å². The molecule has 0 aliphatic rings. The number of sulfonamides is 1. The molecule has 0 saturated carbocycles. The summed E-state index contributed by atoms with van der Waals surface area (Å²) < 4.78 is 38.0. The van der Waals surface area contributed by atoms with Crippen molar-refractivity contribution in [2.45, 2.75) is 38.3 Å². The summed E-state index contributed by atoms with van der Waals surface area (Å²) in [5.41, 5.74) is 2.43. The van der Waals surface area contributed by atoms with Gasteiger partial charge < -0.3 is 14.5 Å². The Morgan fingerprint density at radius 1 is 1.10 bits per heavy atom. The van der Waals surface area contributed by atoms with Crippen molar-refractivity contribution < 1.29 is 22.4 Å². The molecule has 31 heavy (non-hydrogen) atoms. The number of nitrogens with zero attached hydrogens (tertiary/aromatic N) is 1. The molecule has 1 unspecified atom stereocenters. The molecular formula is C23H26N2O5S. The number of carbonyl (C=O) groups is 1. The minimum Gasteiger partial charge on any atom is -0.481 e. The van der Waals surface area contributed by atoms with Gasteiger partial charge >= 0.3 is 0 Å². The van der Waals surface area contributed by atoms with E-state index >= 15 is 0 Å². The third-order valence-electron chi connectivity index (χ3n) is 5.04. The number of ether oxygens (including phenoxy) is 1. The van der Waals surface area contributed by atoms with Crippen LogP contribution in [0.25, 0.3) is 0 Å². The first kappa shape index (κ1) is 22.4. The number of hydrogen-bond acceptors (Lipinski definition) is 5. The van der Waals surface area contributed by atoms with Crippen molar-refractivity contribution in [3.05, 3.63) is 77.7 Å². The van der Waals surface area contributed by atoms with Crippen LogP contribution in [-0.2, 0) is 21.4 Å². The standard InChI is InChI=1S/C23H26N2O5S/c1-16-7-12-22(14-17(16)2)31(27,28)25(4)19-8-10-20(11-9-19)30-18(3)23(26)24-15-21-6-5-13-29-21/h5-14,18H,15H2,1-4H3,(H,24,26). The highest BCUT2D eigenvalue weighted by molar-refractivity contribution is 7.92. The van der Waals surface area contributed by atoms with Crippen molar-refractivity contribution in [2.24, 2.45) is 0 Å². The van der Waals surface area contributed by atoms with Gasteiger partial charge in [-0.25, -0.2) is 8.42 Å². The fraction of sp³-hybridized carbons (Fsp3) is 0.261. The van der Waals surface area contributed by atoms with Gasteiger partial charge in [-0.2, -0.15) is 0 Å². The molecule has 1 aromatic heterocycles. The van der Waals surface area contributed by atoms with Gasteiger partial charge in [0.25, 0.3) is 15.9 Å². The number of anilines is 1. The van der Waals surface area contributed by atoms with Gasteiger partial charge in [0.1, 0.15) is 11.5 Å². The highest BCUT2D eigenvalue weighted by atomic mass is 32.2. The average Bonchev–Trinajstić information content (AvgIpc) is 3.27. The number of aryl methyl sites for hydroxylation is 2. The first-order chi connectivity index (χ1) is 14.7. The predicted octanol–water partition coefficient (Wildman–Crippen LogP) is 3.81. The number of nitrogens with one attached hydrogen (secondary N) is 1. The highest BCUT2D eigenvalue weighted by Gasteiger charge is 2.22. The molecule has 0 saturated heterocycles. The fourth-order valence-corrected chi connectivity index (χ4v) is 4.18. The van der Waals surface area contributed by atoms with Gasteiger partial charge in [0.2, 0.25) is 0 Å². The van der Waals surface area contributed by atoms with Crippen molar-refractivity contribution in [2.75, 3.05) is 11.4 Å². The summed E-state index contributed by atoms with van der Waals surface area (Å²) in [5, 5.41) is 2.74. The van der Waals surface area contributed by atoms with Crippen molar-refractivity contribution >= 4 is 21.6 Å². The summed E-state index contributed by atoms with van der Waals surface area (Å²) in [7, 11) is -2.18. The maximum absolute atomic E-state index is 13.0. The molecule has 0 fully saturated rings. The van der Waals surface area contributed by atoms with Gasteiger partial charge in [-0.1, -0.05) is 6.07 Å². The van der Waals surface area contributed by atoms with Crippen LogP contribution in [0.2, 0.25) is 0 Å². The third-order valence-corrected chi connectivity index (χ3v) is 6.82. The minimum absolute atomic E-state index is 0.236. The molecule has 3 rings (SSSR count). The molecule has 8 heteroatoms. The monoisotopic (exact) mass is 442 g/mol. The van der Waals surface area contributed by atoms with Crippen molar-refractivity contribution in [3.8, 4) is 5.75 Å². The Bertz CT molecular complexity index is 1140. The second kappa shape index (κ2) is 9.26. The highest BCUT2D eigenvalue weighted by Crippen LogP contribution is 2.25. The van der Waals surface area contributed by atoms with E-state index in [1.165, 1.54) is 11.4 Å². The number of benzene rings is 2. The molecule has 0 radical (unpaired) electrons. The summed E-state index contributed by atoms with van der Waals surface area (Å²) in [6.07, 6.45) is 0.818. The largest absolute Gasteiger partial charge is 0.481 e. The van der Waals surface area contributed by atoms with Gasteiger partial charge in [-0.15, -0.1) is 0 Å². The van der Waals surface area contributed by atoms with E-state index in [-0.39, 0.29) is 17.3 Å². The summed E-state index contributed by atoms with van der Waals surface area (Å²) >= 11 is 0. The number of furan rings is 1. The number of carbonyl (C=O) groups excluding carboxylic acids is 1. The lowest BCUT2D eigenvalue weighted by Crippen LogP contribution is -2.35. The smallest absolute Gasteiger partial charge is 0.264 e. The van der Waals surface area contributed by atoms with Crippen LogP contribution in [-0.4, -0.2) is 27.5 Å². The second-order valence-electron chi connectivity index (χ2n) is 7.27. The molecule has 1 amide bonds.